The molecule has 7 heteroatoms. The topological polar surface area (TPSA) is 87.0 Å². The van der Waals surface area contributed by atoms with Crippen LogP contribution >= 0.6 is 11.6 Å². The predicted molar refractivity (Wildman–Crippen MR) is 76.8 cm³/mol. The Morgan fingerprint density at radius 1 is 1.55 bits per heavy atom. The molecular weight excluding hydrogens is 280 g/mol. The van der Waals surface area contributed by atoms with Crippen molar-refractivity contribution in [3.8, 4) is 0 Å². The van der Waals surface area contributed by atoms with Gasteiger partial charge in [-0.25, -0.2) is 4.98 Å². The molecule has 0 bridgehead atoms. The lowest BCUT2D eigenvalue weighted by atomic mass is 10.1. The lowest BCUT2D eigenvalue weighted by molar-refractivity contribution is -0.385. The van der Waals surface area contributed by atoms with Gasteiger partial charge in [0.2, 0.25) is 0 Å². The third-order valence-electron chi connectivity index (χ3n) is 2.93. The van der Waals surface area contributed by atoms with Crippen molar-refractivity contribution < 1.29 is 4.92 Å². The highest BCUT2D eigenvalue weighted by Gasteiger charge is 2.18. The number of benzene rings is 1. The van der Waals surface area contributed by atoms with E-state index in [2.05, 4.69) is 4.98 Å². The lowest BCUT2D eigenvalue weighted by Gasteiger charge is -2.11. The molecule has 1 aromatic heterocycles. The van der Waals surface area contributed by atoms with E-state index in [1.54, 1.807) is 24.5 Å². The van der Waals surface area contributed by atoms with Crippen molar-refractivity contribution in [1.82, 2.24) is 9.55 Å². The Balaban J connectivity index is 2.35. The Labute approximate surface area is 121 Å². The number of nitro benzene ring substituents is 1. The molecule has 0 aliphatic heterocycles. The zero-order valence-corrected chi connectivity index (χ0v) is 11.7. The summed E-state index contributed by atoms with van der Waals surface area (Å²) >= 11 is 6.09. The molecule has 0 amide bonds. The molecule has 0 radical (unpaired) electrons. The van der Waals surface area contributed by atoms with Gasteiger partial charge in [-0.05, 0) is 13.0 Å². The molecule has 1 aromatic carbocycles. The molecule has 106 valence electrons. The Kier molecular flexibility index (Phi) is 4.36. The van der Waals surface area contributed by atoms with Crippen LogP contribution in [0.5, 0.6) is 0 Å². The van der Waals surface area contributed by atoms with Gasteiger partial charge in [-0.15, -0.1) is 0 Å². The quantitative estimate of drug-likeness (QED) is 0.677. The predicted octanol–water partition coefficient (Wildman–Crippen LogP) is 2.38. The Morgan fingerprint density at radius 3 is 2.95 bits per heavy atom. The molecule has 2 rings (SSSR count). The molecule has 0 spiro atoms. The summed E-state index contributed by atoms with van der Waals surface area (Å²) in [7, 11) is 0. The molecule has 1 unspecified atom stereocenters. The van der Waals surface area contributed by atoms with Gasteiger partial charge in [-0.1, -0.05) is 17.7 Å². The number of nitrogens with two attached hydrogens (primary N) is 1. The standard InChI is InChI=1S/C13H15ClN4O2/c1-9(15)7-13-16-5-6-17(13)8-10-11(14)3-2-4-12(10)18(19)20/h2-6,9H,7-8,15H2,1H3. The smallest absolute Gasteiger partial charge is 0.275 e. The highest BCUT2D eigenvalue weighted by atomic mass is 35.5. The fraction of sp³-hybridized carbons (Fsp3) is 0.308. The largest absolute Gasteiger partial charge is 0.330 e. The number of nitro groups is 1. The summed E-state index contributed by atoms with van der Waals surface area (Å²) in [6.07, 6.45) is 4.02. The van der Waals surface area contributed by atoms with Crippen LogP contribution in [0.2, 0.25) is 5.02 Å². The molecule has 0 saturated carbocycles. The summed E-state index contributed by atoms with van der Waals surface area (Å²) in [6.45, 7) is 2.19. The molecule has 0 aliphatic carbocycles. The number of nitrogens with zero attached hydrogens (tertiary/aromatic N) is 3. The lowest BCUT2D eigenvalue weighted by Crippen LogP contribution is -2.21. The van der Waals surface area contributed by atoms with Gasteiger partial charge in [-0.3, -0.25) is 10.1 Å². The van der Waals surface area contributed by atoms with Crippen LogP contribution in [0, 0.1) is 10.1 Å². The van der Waals surface area contributed by atoms with Gasteiger partial charge in [0.15, 0.2) is 0 Å². The Morgan fingerprint density at radius 2 is 2.30 bits per heavy atom. The maximum Gasteiger partial charge on any atom is 0.275 e. The van der Waals surface area contributed by atoms with Gasteiger partial charge in [0.05, 0.1) is 22.1 Å². The molecule has 2 N–H and O–H groups in total. The van der Waals surface area contributed by atoms with Crippen molar-refractivity contribution in [2.24, 2.45) is 5.73 Å². The Bertz CT molecular complexity index is 625. The van der Waals surface area contributed by atoms with Crippen LogP contribution in [0.15, 0.2) is 30.6 Å². The van der Waals surface area contributed by atoms with Crippen molar-refractivity contribution in [2.75, 3.05) is 0 Å². The average molecular weight is 295 g/mol. The second-order valence-corrected chi connectivity index (χ2v) is 5.05. The van der Waals surface area contributed by atoms with E-state index in [-0.39, 0.29) is 11.7 Å². The van der Waals surface area contributed by atoms with Crippen LogP contribution < -0.4 is 5.73 Å². The molecule has 2 aromatic rings. The maximum absolute atomic E-state index is 11.1. The van der Waals surface area contributed by atoms with E-state index < -0.39 is 4.92 Å². The monoisotopic (exact) mass is 294 g/mol. The van der Waals surface area contributed by atoms with Gasteiger partial charge in [-0.2, -0.15) is 0 Å². The number of hydrogen-bond acceptors (Lipinski definition) is 4. The van der Waals surface area contributed by atoms with Gasteiger partial charge in [0, 0.05) is 30.9 Å². The molecule has 1 atom stereocenters. The average Bonchev–Trinajstić information content (AvgIpc) is 2.78. The second-order valence-electron chi connectivity index (χ2n) is 4.65. The molecule has 1 heterocycles. The van der Waals surface area contributed by atoms with Gasteiger partial charge in [0.25, 0.3) is 5.69 Å². The maximum atomic E-state index is 11.1. The second kappa shape index (κ2) is 6.02. The van der Waals surface area contributed by atoms with Crippen molar-refractivity contribution in [3.63, 3.8) is 0 Å². The van der Waals surface area contributed by atoms with Crippen LogP contribution in [-0.4, -0.2) is 20.5 Å². The van der Waals surface area contributed by atoms with E-state index >= 15 is 0 Å². The third kappa shape index (κ3) is 3.15. The van der Waals surface area contributed by atoms with E-state index in [9.17, 15) is 10.1 Å². The minimum atomic E-state index is -0.427. The minimum absolute atomic E-state index is 0.0120. The molecule has 0 fully saturated rings. The molecule has 6 nitrogen and oxygen atoms in total. The zero-order valence-electron chi connectivity index (χ0n) is 11.0. The van der Waals surface area contributed by atoms with Crippen molar-refractivity contribution in [3.05, 3.63) is 57.1 Å². The Hall–Kier alpha value is -1.92. The first kappa shape index (κ1) is 14.5. The zero-order chi connectivity index (χ0) is 14.7. The summed E-state index contributed by atoms with van der Waals surface area (Å²) < 4.78 is 1.83. The van der Waals surface area contributed by atoms with E-state index in [0.717, 1.165) is 5.82 Å². The SMILES string of the molecule is CC(N)Cc1nccn1Cc1c(Cl)cccc1[N+](=O)[O-]. The van der Waals surface area contributed by atoms with Crippen LogP contribution in [-0.2, 0) is 13.0 Å². The first-order valence-corrected chi connectivity index (χ1v) is 6.54. The first-order chi connectivity index (χ1) is 9.49. The van der Waals surface area contributed by atoms with Crippen LogP contribution in [0.25, 0.3) is 0 Å². The number of rotatable bonds is 5. The number of hydrogen-bond donors (Lipinski definition) is 1. The summed E-state index contributed by atoms with van der Waals surface area (Å²) in [4.78, 5) is 14.9. The van der Waals surface area contributed by atoms with Crippen molar-refractivity contribution in [2.45, 2.75) is 25.9 Å². The molecular formula is C13H15ClN4O2. The van der Waals surface area contributed by atoms with E-state index in [4.69, 9.17) is 17.3 Å². The van der Waals surface area contributed by atoms with E-state index in [1.165, 1.54) is 6.07 Å². The summed E-state index contributed by atoms with van der Waals surface area (Å²) in [5, 5.41) is 11.4. The van der Waals surface area contributed by atoms with Crippen LogP contribution in [0.3, 0.4) is 0 Å². The first-order valence-electron chi connectivity index (χ1n) is 6.16. The summed E-state index contributed by atoms with van der Waals surface area (Å²) in [6, 6.07) is 4.63. The normalized spacial score (nSPS) is 12.3. The van der Waals surface area contributed by atoms with E-state index in [0.29, 0.717) is 23.6 Å². The highest BCUT2D eigenvalue weighted by molar-refractivity contribution is 6.31. The van der Waals surface area contributed by atoms with Crippen molar-refractivity contribution in [1.29, 1.82) is 0 Å². The fourth-order valence-electron chi connectivity index (χ4n) is 2.01. The number of halogens is 1. The van der Waals surface area contributed by atoms with Gasteiger partial charge < -0.3 is 10.3 Å². The number of aromatic nitrogens is 2. The summed E-state index contributed by atoms with van der Waals surface area (Å²) in [5.74, 6) is 0.786. The highest BCUT2D eigenvalue weighted by Crippen LogP contribution is 2.27. The minimum Gasteiger partial charge on any atom is -0.330 e. The molecule has 20 heavy (non-hydrogen) atoms. The molecule has 0 aliphatic rings. The van der Waals surface area contributed by atoms with Crippen LogP contribution in [0.1, 0.15) is 18.3 Å². The third-order valence-corrected chi connectivity index (χ3v) is 3.28. The van der Waals surface area contributed by atoms with Gasteiger partial charge >= 0.3 is 0 Å². The summed E-state index contributed by atoms with van der Waals surface area (Å²) in [5.41, 5.74) is 6.25. The number of imidazole rings is 1. The molecule has 0 saturated heterocycles. The fourth-order valence-corrected chi connectivity index (χ4v) is 2.24. The van der Waals surface area contributed by atoms with Crippen molar-refractivity contribution >= 4 is 17.3 Å². The van der Waals surface area contributed by atoms with E-state index in [1.807, 2.05) is 11.5 Å². The van der Waals surface area contributed by atoms with Gasteiger partial charge in [0.1, 0.15) is 5.82 Å². The van der Waals surface area contributed by atoms with Crippen LogP contribution in [0.4, 0.5) is 5.69 Å².